The first-order valence-electron chi connectivity index (χ1n) is 9.12. The van der Waals surface area contributed by atoms with Gasteiger partial charge in [-0.2, -0.15) is 0 Å². The quantitative estimate of drug-likeness (QED) is 0.727. The number of carbonyl (C=O) groups is 1. The van der Waals surface area contributed by atoms with Gasteiger partial charge in [0.15, 0.2) is 0 Å². The normalized spacial score (nSPS) is 15.7. The summed E-state index contributed by atoms with van der Waals surface area (Å²) < 4.78 is 0. The van der Waals surface area contributed by atoms with Crippen molar-refractivity contribution in [1.29, 1.82) is 0 Å². The molecule has 3 rings (SSSR count). The van der Waals surface area contributed by atoms with Gasteiger partial charge in [-0.25, -0.2) is 9.97 Å². The number of nitrogens with zero attached hydrogens (tertiary/aromatic N) is 4. The Labute approximate surface area is 170 Å². The van der Waals surface area contributed by atoms with Gasteiger partial charge < -0.3 is 9.80 Å². The molecule has 2 heterocycles. The van der Waals surface area contributed by atoms with Gasteiger partial charge in [-0.3, -0.25) is 4.79 Å². The number of amides is 1. The second-order valence-electron chi connectivity index (χ2n) is 6.85. The molecule has 1 aromatic heterocycles. The Balaban J connectivity index is 1.86. The summed E-state index contributed by atoms with van der Waals surface area (Å²) in [6.07, 6.45) is 0.680. The predicted molar refractivity (Wildman–Crippen MR) is 110 cm³/mol. The van der Waals surface area contributed by atoms with Gasteiger partial charge in [0, 0.05) is 48.9 Å². The molecule has 7 heteroatoms. The van der Waals surface area contributed by atoms with E-state index in [0.717, 1.165) is 46.6 Å². The first kappa shape index (κ1) is 19.9. The van der Waals surface area contributed by atoms with Crippen molar-refractivity contribution in [3.05, 3.63) is 51.9 Å². The largest absolute Gasteiger partial charge is 0.353 e. The van der Waals surface area contributed by atoms with E-state index >= 15 is 0 Å². The topological polar surface area (TPSA) is 49.3 Å². The number of benzene rings is 1. The molecule has 5 nitrogen and oxygen atoms in total. The third-order valence-corrected chi connectivity index (χ3v) is 5.42. The second-order valence-corrected chi connectivity index (χ2v) is 7.92. The van der Waals surface area contributed by atoms with Gasteiger partial charge in [0.1, 0.15) is 17.0 Å². The van der Waals surface area contributed by atoms with E-state index in [0.29, 0.717) is 19.5 Å². The van der Waals surface area contributed by atoms with Crippen LogP contribution in [-0.2, 0) is 11.2 Å². The van der Waals surface area contributed by atoms with Gasteiger partial charge in [-0.1, -0.05) is 29.8 Å². The fourth-order valence-corrected chi connectivity index (χ4v) is 3.75. The van der Waals surface area contributed by atoms with E-state index in [1.807, 2.05) is 43.0 Å². The van der Waals surface area contributed by atoms with E-state index < -0.39 is 5.38 Å². The van der Waals surface area contributed by atoms with Crippen LogP contribution in [0.5, 0.6) is 0 Å². The molecule has 1 saturated heterocycles. The molecule has 1 unspecified atom stereocenters. The first-order valence-corrected chi connectivity index (χ1v) is 9.93. The molecule has 144 valence electrons. The summed E-state index contributed by atoms with van der Waals surface area (Å²) in [6, 6.07) is 7.85. The number of alkyl halides is 1. The molecule has 0 bridgehead atoms. The number of aromatic nitrogens is 2. The Bertz CT molecular complexity index is 833. The standard InChI is InChI=1S/C20H24Cl2N4O/c1-13(21)20(27)26-10-8-25(9-11-26)19-17(14(2)23-15(3)24-19)12-16-6-4-5-7-18(16)22/h4-7,13H,8-12H2,1-3H3. The molecule has 0 aliphatic carbocycles. The lowest BCUT2D eigenvalue weighted by Crippen LogP contribution is -2.51. The van der Waals surface area contributed by atoms with Gasteiger partial charge in [0.25, 0.3) is 0 Å². The minimum Gasteiger partial charge on any atom is -0.353 e. The molecule has 1 aliphatic rings. The van der Waals surface area contributed by atoms with Crippen LogP contribution in [0.1, 0.15) is 29.6 Å². The molecule has 1 fully saturated rings. The molecule has 1 amide bonds. The number of carbonyl (C=O) groups excluding carboxylic acids is 1. The van der Waals surface area contributed by atoms with Crippen molar-refractivity contribution in [1.82, 2.24) is 14.9 Å². The molecule has 27 heavy (non-hydrogen) atoms. The van der Waals surface area contributed by atoms with Crippen LogP contribution in [0.3, 0.4) is 0 Å². The van der Waals surface area contributed by atoms with Crippen LogP contribution in [0.4, 0.5) is 5.82 Å². The molecule has 0 N–H and O–H groups in total. The molecular weight excluding hydrogens is 383 g/mol. The van der Waals surface area contributed by atoms with Gasteiger partial charge >= 0.3 is 0 Å². The van der Waals surface area contributed by atoms with Crippen LogP contribution in [-0.4, -0.2) is 52.3 Å². The zero-order valence-corrected chi connectivity index (χ0v) is 17.4. The van der Waals surface area contributed by atoms with E-state index in [2.05, 4.69) is 9.88 Å². The van der Waals surface area contributed by atoms with Crippen LogP contribution in [0.2, 0.25) is 5.02 Å². The van der Waals surface area contributed by atoms with Crippen molar-refractivity contribution in [3.63, 3.8) is 0 Å². The zero-order valence-electron chi connectivity index (χ0n) is 15.9. The summed E-state index contributed by atoms with van der Waals surface area (Å²) in [5.74, 6) is 1.67. The predicted octanol–water partition coefficient (Wildman–Crippen LogP) is 3.61. The number of hydrogen-bond acceptors (Lipinski definition) is 4. The highest BCUT2D eigenvalue weighted by Gasteiger charge is 2.26. The van der Waals surface area contributed by atoms with Crippen molar-refractivity contribution in [2.45, 2.75) is 32.6 Å². The van der Waals surface area contributed by atoms with E-state index in [1.165, 1.54) is 0 Å². The first-order chi connectivity index (χ1) is 12.9. The molecule has 2 aromatic rings. The smallest absolute Gasteiger partial charge is 0.240 e. The van der Waals surface area contributed by atoms with E-state index in [9.17, 15) is 4.79 Å². The number of hydrogen-bond donors (Lipinski definition) is 0. The highest BCUT2D eigenvalue weighted by molar-refractivity contribution is 6.31. The van der Waals surface area contributed by atoms with Crippen LogP contribution in [0.25, 0.3) is 0 Å². The maximum Gasteiger partial charge on any atom is 0.240 e. The van der Waals surface area contributed by atoms with Crippen LogP contribution >= 0.6 is 23.2 Å². The Morgan fingerprint density at radius 2 is 1.81 bits per heavy atom. The number of aryl methyl sites for hydroxylation is 2. The van der Waals surface area contributed by atoms with Gasteiger partial charge in [0.2, 0.25) is 5.91 Å². The van der Waals surface area contributed by atoms with Crippen molar-refractivity contribution >= 4 is 34.9 Å². The summed E-state index contributed by atoms with van der Waals surface area (Å²) in [4.78, 5) is 25.5. The summed E-state index contributed by atoms with van der Waals surface area (Å²) in [5.41, 5.74) is 3.10. The SMILES string of the molecule is Cc1nc(C)c(Cc2ccccc2Cl)c(N2CCN(C(=O)C(C)Cl)CC2)n1. The molecular formula is C20H24Cl2N4O. The van der Waals surface area contributed by atoms with Crippen LogP contribution in [0.15, 0.2) is 24.3 Å². The molecule has 0 spiro atoms. The Kier molecular flexibility index (Phi) is 6.22. The Morgan fingerprint density at radius 1 is 1.15 bits per heavy atom. The van der Waals surface area contributed by atoms with Crippen LogP contribution < -0.4 is 4.90 Å². The summed E-state index contributed by atoms with van der Waals surface area (Å²) in [6.45, 7) is 8.37. The van der Waals surface area contributed by atoms with Crippen molar-refractivity contribution in [2.24, 2.45) is 0 Å². The summed E-state index contributed by atoms with van der Waals surface area (Å²) in [7, 11) is 0. The highest BCUT2D eigenvalue weighted by Crippen LogP contribution is 2.27. The van der Waals surface area contributed by atoms with Crippen molar-refractivity contribution < 1.29 is 4.79 Å². The molecule has 0 saturated carbocycles. The lowest BCUT2D eigenvalue weighted by molar-refractivity contribution is -0.130. The molecule has 1 atom stereocenters. The number of anilines is 1. The van der Waals surface area contributed by atoms with Crippen molar-refractivity contribution in [2.75, 3.05) is 31.1 Å². The van der Waals surface area contributed by atoms with Crippen LogP contribution in [0, 0.1) is 13.8 Å². The van der Waals surface area contributed by atoms with E-state index in [4.69, 9.17) is 28.2 Å². The maximum atomic E-state index is 12.1. The monoisotopic (exact) mass is 406 g/mol. The van der Waals surface area contributed by atoms with Gasteiger partial charge in [-0.05, 0) is 32.4 Å². The lowest BCUT2D eigenvalue weighted by atomic mass is 10.0. The fraction of sp³-hybridized carbons (Fsp3) is 0.450. The number of piperazine rings is 1. The average Bonchev–Trinajstić information content (AvgIpc) is 2.64. The third kappa shape index (κ3) is 4.53. The Morgan fingerprint density at radius 3 is 2.44 bits per heavy atom. The minimum absolute atomic E-state index is 0.0114. The van der Waals surface area contributed by atoms with Gasteiger partial charge in [0.05, 0.1) is 0 Å². The van der Waals surface area contributed by atoms with E-state index in [-0.39, 0.29) is 5.91 Å². The summed E-state index contributed by atoms with van der Waals surface area (Å²) >= 11 is 12.3. The highest BCUT2D eigenvalue weighted by atomic mass is 35.5. The lowest BCUT2D eigenvalue weighted by Gasteiger charge is -2.37. The maximum absolute atomic E-state index is 12.1. The average molecular weight is 407 g/mol. The number of halogens is 2. The molecule has 1 aromatic carbocycles. The van der Waals surface area contributed by atoms with E-state index in [1.54, 1.807) is 6.92 Å². The number of rotatable bonds is 4. The second kappa shape index (κ2) is 8.44. The summed E-state index contributed by atoms with van der Waals surface area (Å²) in [5, 5.41) is 0.255. The molecule has 1 aliphatic heterocycles. The third-order valence-electron chi connectivity index (χ3n) is 4.86. The zero-order chi connectivity index (χ0) is 19.6. The minimum atomic E-state index is -0.490. The fourth-order valence-electron chi connectivity index (χ4n) is 3.41. The Hall–Kier alpha value is -1.85. The van der Waals surface area contributed by atoms with Gasteiger partial charge in [-0.15, -0.1) is 11.6 Å². The van der Waals surface area contributed by atoms with Crippen molar-refractivity contribution in [3.8, 4) is 0 Å². The molecule has 0 radical (unpaired) electrons.